The summed E-state index contributed by atoms with van der Waals surface area (Å²) in [5, 5.41) is 18.0. The Morgan fingerprint density at radius 1 is 1.46 bits per heavy atom. The van der Waals surface area contributed by atoms with E-state index >= 15 is 0 Å². The highest BCUT2D eigenvalue weighted by Gasteiger charge is 2.63. The molecule has 3 fully saturated rings. The van der Waals surface area contributed by atoms with E-state index in [1.54, 1.807) is 0 Å². The molecule has 3 aliphatic heterocycles. The summed E-state index contributed by atoms with van der Waals surface area (Å²) in [7, 11) is 0. The zero-order valence-corrected chi connectivity index (χ0v) is 13.4. The van der Waals surface area contributed by atoms with Crippen molar-refractivity contribution in [1.29, 1.82) is 0 Å². The summed E-state index contributed by atoms with van der Waals surface area (Å²) in [6.45, 7) is 1.52. The topological polar surface area (TPSA) is 78.5 Å². The maximum absolute atomic E-state index is 12.8. The Kier molecular flexibility index (Phi) is 3.03. The third-order valence-corrected chi connectivity index (χ3v) is 6.22. The molecule has 1 amide bonds. The van der Waals surface area contributed by atoms with Crippen LogP contribution in [-0.4, -0.2) is 57.5 Å². The maximum Gasteiger partial charge on any atom is 0.228 e. The third kappa shape index (κ3) is 1.90. The number of aromatic amines is 1. The van der Waals surface area contributed by atoms with Gasteiger partial charge in [0.15, 0.2) is 0 Å². The lowest BCUT2D eigenvalue weighted by Gasteiger charge is -2.27. The van der Waals surface area contributed by atoms with Crippen molar-refractivity contribution < 1.29 is 14.6 Å². The van der Waals surface area contributed by atoms with Crippen molar-refractivity contribution in [3.05, 3.63) is 30.0 Å². The van der Waals surface area contributed by atoms with Gasteiger partial charge in [-0.3, -0.25) is 9.89 Å². The molecule has 6 nitrogen and oxygen atoms in total. The standard InChI is InChI=1S/C18H21N3O3/c22-9-12-13-8-21(10-18(13)6-5-16(12)24-18)17(23)7-15-11-3-1-2-4-14(11)19-20-15/h1-4,12-13,16,22H,5-10H2,(H,19,20)/t12-,13+,16+,18+/m1/s1. The Balaban J connectivity index is 1.36. The number of H-pyrrole nitrogens is 1. The number of ether oxygens (including phenoxy) is 1. The smallest absolute Gasteiger partial charge is 0.228 e. The van der Waals surface area contributed by atoms with Crippen LogP contribution in [-0.2, 0) is 16.0 Å². The SMILES string of the molecule is O=C(Cc1[nH]nc2ccccc12)N1C[C@H]2[C@@H](CO)[C@@H]3CC[C@@]2(C1)O3. The first-order chi connectivity index (χ1) is 11.7. The number of aliphatic hydroxyl groups is 1. The number of para-hydroxylation sites is 1. The lowest BCUT2D eigenvalue weighted by atomic mass is 9.74. The zero-order valence-electron chi connectivity index (χ0n) is 13.4. The minimum atomic E-state index is -0.205. The molecule has 0 radical (unpaired) electrons. The molecule has 1 spiro atoms. The van der Waals surface area contributed by atoms with Gasteiger partial charge in [0.2, 0.25) is 5.91 Å². The van der Waals surface area contributed by atoms with Crippen LogP contribution in [0.1, 0.15) is 18.5 Å². The largest absolute Gasteiger partial charge is 0.396 e. The molecule has 2 N–H and O–H groups in total. The fourth-order valence-corrected chi connectivity index (χ4v) is 5.04. The van der Waals surface area contributed by atoms with Crippen LogP contribution in [0.2, 0.25) is 0 Å². The molecule has 1 aromatic heterocycles. The van der Waals surface area contributed by atoms with E-state index in [9.17, 15) is 9.90 Å². The van der Waals surface area contributed by atoms with Crippen molar-refractivity contribution in [1.82, 2.24) is 15.1 Å². The minimum absolute atomic E-state index is 0.108. The average molecular weight is 327 g/mol. The molecule has 24 heavy (non-hydrogen) atoms. The molecular formula is C18H21N3O3. The van der Waals surface area contributed by atoms with Crippen molar-refractivity contribution in [2.24, 2.45) is 11.8 Å². The summed E-state index contributed by atoms with van der Waals surface area (Å²) in [5.41, 5.74) is 1.55. The van der Waals surface area contributed by atoms with Crippen LogP contribution in [0.25, 0.3) is 10.9 Å². The molecule has 1 aromatic carbocycles. The number of hydrogen-bond acceptors (Lipinski definition) is 4. The molecule has 4 atom stereocenters. The quantitative estimate of drug-likeness (QED) is 0.885. The molecule has 0 saturated carbocycles. The minimum Gasteiger partial charge on any atom is -0.396 e. The van der Waals surface area contributed by atoms with Gasteiger partial charge >= 0.3 is 0 Å². The summed E-state index contributed by atoms with van der Waals surface area (Å²) in [6.07, 6.45) is 2.54. The van der Waals surface area contributed by atoms with Gasteiger partial charge in [0.1, 0.15) is 0 Å². The maximum atomic E-state index is 12.8. The molecule has 2 aromatic rings. The van der Waals surface area contributed by atoms with E-state index in [0.29, 0.717) is 19.5 Å². The van der Waals surface area contributed by atoms with E-state index in [-0.39, 0.29) is 36.1 Å². The molecule has 4 heterocycles. The van der Waals surface area contributed by atoms with Gasteiger partial charge in [-0.15, -0.1) is 0 Å². The monoisotopic (exact) mass is 327 g/mol. The predicted molar refractivity (Wildman–Crippen MR) is 87.3 cm³/mol. The van der Waals surface area contributed by atoms with E-state index in [1.807, 2.05) is 29.2 Å². The number of nitrogens with zero attached hydrogens (tertiary/aromatic N) is 2. The second-order valence-electron chi connectivity index (χ2n) is 7.38. The van der Waals surface area contributed by atoms with Crippen molar-refractivity contribution in [2.45, 2.75) is 31.0 Å². The number of aliphatic hydroxyl groups excluding tert-OH is 1. The Hall–Kier alpha value is -1.92. The average Bonchev–Trinajstić information content (AvgIpc) is 3.33. The Labute approximate surface area is 139 Å². The summed E-state index contributed by atoms with van der Waals surface area (Å²) < 4.78 is 6.20. The van der Waals surface area contributed by atoms with Crippen LogP contribution >= 0.6 is 0 Å². The first-order valence-electron chi connectivity index (χ1n) is 8.69. The second kappa shape index (κ2) is 5.04. The molecule has 3 aliphatic rings. The summed E-state index contributed by atoms with van der Waals surface area (Å²) in [5.74, 6) is 0.574. The lowest BCUT2D eigenvalue weighted by molar-refractivity contribution is -0.131. The van der Waals surface area contributed by atoms with Crippen molar-refractivity contribution in [3.63, 3.8) is 0 Å². The van der Waals surface area contributed by atoms with Gasteiger partial charge in [0, 0.05) is 30.4 Å². The molecular weight excluding hydrogens is 306 g/mol. The van der Waals surface area contributed by atoms with Crippen LogP contribution in [0, 0.1) is 11.8 Å². The number of likely N-dealkylation sites (tertiary alicyclic amines) is 1. The number of fused-ring (bicyclic) bond motifs is 2. The van der Waals surface area contributed by atoms with Crippen molar-refractivity contribution >= 4 is 16.8 Å². The number of carbonyl (C=O) groups excluding carboxylic acids is 1. The van der Waals surface area contributed by atoms with E-state index in [0.717, 1.165) is 29.4 Å². The van der Waals surface area contributed by atoms with Crippen LogP contribution in [0.4, 0.5) is 0 Å². The van der Waals surface area contributed by atoms with Gasteiger partial charge in [-0.2, -0.15) is 5.10 Å². The van der Waals surface area contributed by atoms with Crippen LogP contribution in [0.15, 0.2) is 24.3 Å². The zero-order chi connectivity index (χ0) is 16.3. The van der Waals surface area contributed by atoms with E-state index in [2.05, 4.69) is 10.2 Å². The van der Waals surface area contributed by atoms with Crippen molar-refractivity contribution in [2.75, 3.05) is 19.7 Å². The first kappa shape index (κ1) is 14.4. The summed E-state index contributed by atoms with van der Waals surface area (Å²) >= 11 is 0. The first-order valence-corrected chi connectivity index (χ1v) is 8.69. The summed E-state index contributed by atoms with van der Waals surface area (Å²) in [4.78, 5) is 14.7. The number of carbonyl (C=O) groups is 1. The van der Waals surface area contributed by atoms with E-state index < -0.39 is 0 Å². The van der Waals surface area contributed by atoms with Crippen molar-refractivity contribution in [3.8, 4) is 0 Å². The van der Waals surface area contributed by atoms with Gasteiger partial charge < -0.3 is 14.7 Å². The van der Waals surface area contributed by atoms with Gasteiger partial charge in [0.25, 0.3) is 0 Å². The van der Waals surface area contributed by atoms with Gasteiger partial charge in [0.05, 0.1) is 35.9 Å². The Bertz CT molecular complexity index is 804. The molecule has 0 unspecified atom stereocenters. The van der Waals surface area contributed by atoms with E-state index in [4.69, 9.17) is 4.74 Å². The molecule has 0 aliphatic carbocycles. The number of aromatic nitrogens is 2. The Morgan fingerprint density at radius 3 is 3.21 bits per heavy atom. The number of amides is 1. The van der Waals surface area contributed by atoms with Gasteiger partial charge in [-0.25, -0.2) is 0 Å². The van der Waals surface area contributed by atoms with Crippen LogP contribution in [0.3, 0.4) is 0 Å². The fraction of sp³-hybridized carbons (Fsp3) is 0.556. The summed E-state index contributed by atoms with van der Waals surface area (Å²) in [6, 6.07) is 7.84. The normalized spacial score (nSPS) is 34.2. The Morgan fingerprint density at radius 2 is 2.33 bits per heavy atom. The molecule has 5 rings (SSSR count). The molecule has 2 bridgehead atoms. The van der Waals surface area contributed by atoms with E-state index in [1.165, 1.54) is 0 Å². The highest BCUT2D eigenvalue weighted by molar-refractivity contribution is 5.87. The fourth-order valence-electron chi connectivity index (χ4n) is 5.04. The van der Waals surface area contributed by atoms with Gasteiger partial charge in [-0.1, -0.05) is 18.2 Å². The molecule has 126 valence electrons. The lowest BCUT2D eigenvalue weighted by Crippen LogP contribution is -2.38. The van der Waals surface area contributed by atoms with Crippen LogP contribution < -0.4 is 0 Å². The number of hydrogen-bond donors (Lipinski definition) is 2. The second-order valence-corrected chi connectivity index (χ2v) is 7.38. The number of rotatable bonds is 3. The number of benzene rings is 1. The highest BCUT2D eigenvalue weighted by Crippen LogP contribution is 2.54. The molecule has 3 saturated heterocycles. The van der Waals surface area contributed by atoms with Crippen LogP contribution in [0.5, 0.6) is 0 Å². The van der Waals surface area contributed by atoms with Gasteiger partial charge in [-0.05, 0) is 18.9 Å². The predicted octanol–water partition coefficient (Wildman–Crippen LogP) is 1.10. The molecule has 6 heteroatoms. The third-order valence-electron chi connectivity index (χ3n) is 6.22. The highest BCUT2D eigenvalue weighted by atomic mass is 16.5. The number of nitrogens with one attached hydrogen (secondary N) is 1.